The first-order valence-electron chi connectivity index (χ1n) is 14.4. The van der Waals surface area contributed by atoms with Crippen molar-refractivity contribution in [3.63, 3.8) is 0 Å². The van der Waals surface area contributed by atoms with Crippen molar-refractivity contribution < 1.29 is 62.3 Å². The van der Waals surface area contributed by atoms with Crippen LogP contribution in [0.2, 0.25) is 0 Å². The molecule has 0 radical (unpaired) electrons. The van der Waals surface area contributed by atoms with E-state index in [2.05, 4.69) is 4.74 Å². The highest BCUT2D eigenvalue weighted by atomic mass is 16.7. The van der Waals surface area contributed by atoms with Crippen LogP contribution in [0.25, 0.3) is 0 Å². The highest BCUT2D eigenvalue weighted by Gasteiger charge is 2.76. The van der Waals surface area contributed by atoms with E-state index in [1.807, 2.05) is 26.8 Å². The maximum atomic E-state index is 13.8. The van der Waals surface area contributed by atoms with Crippen LogP contribution in [0.1, 0.15) is 88.9 Å². The molecule has 1 aromatic rings. The summed E-state index contributed by atoms with van der Waals surface area (Å²) in [6.45, 7) is 8.33. The number of esters is 5. The first kappa shape index (κ1) is 29.9. The van der Waals surface area contributed by atoms with Gasteiger partial charge in [-0.1, -0.05) is 18.6 Å². The quantitative estimate of drug-likeness (QED) is 0.163. The van der Waals surface area contributed by atoms with Gasteiger partial charge in [-0.05, 0) is 44.7 Å². The van der Waals surface area contributed by atoms with E-state index in [9.17, 15) is 33.9 Å². The summed E-state index contributed by atoms with van der Waals surface area (Å²) < 4.78 is 35.0. The molecule has 13 nitrogen and oxygen atoms in total. The minimum absolute atomic E-state index is 0.0494. The number of allylic oxidation sites excluding steroid dienone is 1. The second-order valence-electron chi connectivity index (χ2n) is 12.5. The van der Waals surface area contributed by atoms with E-state index in [0.29, 0.717) is 6.42 Å². The summed E-state index contributed by atoms with van der Waals surface area (Å²) in [5.74, 6) is -6.70. The third-order valence-corrected chi connectivity index (χ3v) is 9.89. The van der Waals surface area contributed by atoms with Crippen molar-refractivity contribution in [2.24, 2.45) is 17.3 Å². The number of ether oxygens (including phenoxy) is 6. The average molecular weight is 613 g/mol. The average Bonchev–Trinajstić information content (AvgIpc) is 3.55. The van der Waals surface area contributed by atoms with Crippen LogP contribution in [0.4, 0.5) is 0 Å². The second kappa shape index (κ2) is 10.2. The van der Waals surface area contributed by atoms with Gasteiger partial charge < -0.3 is 33.5 Å². The van der Waals surface area contributed by atoms with Gasteiger partial charge in [0, 0.05) is 25.2 Å². The lowest BCUT2D eigenvalue weighted by atomic mass is 9.56. The molecular weight excluding hydrogens is 580 g/mol. The van der Waals surface area contributed by atoms with Crippen LogP contribution in [0, 0.1) is 17.3 Å². The van der Waals surface area contributed by atoms with Crippen LogP contribution in [0.3, 0.4) is 0 Å². The maximum Gasteiger partial charge on any atom is 0.346 e. The van der Waals surface area contributed by atoms with Crippen molar-refractivity contribution in [2.75, 3.05) is 6.61 Å². The molecular formula is C31H32O13. The van der Waals surface area contributed by atoms with Gasteiger partial charge in [0.05, 0.1) is 41.1 Å². The van der Waals surface area contributed by atoms with Gasteiger partial charge in [0.15, 0.2) is 6.10 Å². The Bertz CT molecular complexity index is 1540. The normalized spacial score (nSPS) is 36.4. The SMILES string of the molecule is CC(=O)OC[C@]12CCC(C)=C[C@H]1O[C@@H]1[C@H](OC(=O)c3cc4c(cc3C(=O)O)C(=O)OC4=O)[C@@H](OC(C)=O)C(C3O[C@]31C)[C@H]2C. The molecule has 1 N–H and O–H groups in total. The Hall–Kier alpha value is -4.10. The molecule has 1 saturated carbocycles. The lowest BCUT2D eigenvalue weighted by Gasteiger charge is -2.56. The molecule has 0 spiro atoms. The summed E-state index contributed by atoms with van der Waals surface area (Å²) in [6.07, 6.45) is -1.04. The van der Waals surface area contributed by atoms with Crippen LogP contribution in [-0.2, 0) is 38.0 Å². The van der Waals surface area contributed by atoms with Gasteiger partial charge in [0.2, 0.25) is 0 Å². The smallest absolute Gasteiger partial charge is 0.346 e. The Balaban J connectivity index is 1.44. The van der Waals surface area contributed by atoms with Crippen molar-refractivity contribution >= 4 is 35.8 Å². The summed E-state index contributed by atoms with van der Waals surface area (Å²) in [5.41, 5.74) is -2.22. The van der Waals surface area contributed by atoms with E-state index in [0.717, 1.165) is 24.1 Å². The Morgan fingerprint density at radius 1 is 0.977 bits per heavy atom. The standard InChI is InChI=1S/C31H32O13/c1-12-6-7-31(11-39-14(3)32)13(2)21-22(40-15(4)33)23(25(41-20(31)8-12)30(5)24(21)44-30)42-27(36)17-10-19-18(9-16(17)26(34)35)28(37)43-29(19)38/h8-10,13,20-25H,6-7,11H2,1-5H3,(H,34,35)/t13-,20-,21?,22+,23-,24?,25-,30-,31+/m1/s1. The van der Waals surface area contributed by atoms with Crippen LogP contribution >= 0.6 is 0 Å². The van der Waals surface area contributed by atoms with E-state index < -0.39 is 94.4 Å². The Labute approximate surface area is 251 Å². The number of rotatable bonds is 6. The molecule has 234 valence electrons. The number of fused-ring (bicyclic) bond motifs is 2. The maximum absolute atomic E-state index is 13.8. The minimum atomic E-state index is -1.54. The summed E-state index contributed by atoms with van der Waals surface area (Å²) in [5, 5.41) is 9.86. The Morgan fingerprint density at radius 2 is 1.64 bits per heavy atom. The number of epoxide rings is 1. The largest absolute Gasteiger partial charge is 0.478 e. The fourth-order valence-corrected chi connectivity index (χ4v) is 7.51. The highest BCUT2D eigenvalue weighted by Crippen LogP contribution is 2.62. The zero-order valence-corrected chi connectivity index (χ0v) is 24.7. The molecule has 9 atom stereocenters. The van der Waals surface area contributed by atoms with Crippen LogP contribution < -0.4 is 0 Å². The zero-order chi connectivity index (χ0) is 31.9. The fraction of sp³-hybridized carbons (Fsp3) is 0.548. The number of hydrogen-bond acceptors (Lipinski definition) is 12. The molecule has 13 heteroatoms. The van der Waals surface area contributed by atoms with Gasteiger partial charge in [-0.25, -0.2) is 19.2 Å². The number of carbonyl (C=O) groups is 6. The molecule has 4 aliphatic heterocycles. The van der Waals surface area contributed by atoms with E-state index in [1.54, 1.807) is 0 Å². The van der Waals surface area contributed by atoms with Crippen molar-refractivity contribution in [2.45, 2.75) is 83.6 Å². The summed E-state index contributed by atoms with van der Waals surface area (Å²) in [7, 11) is 0. The van der Waals surface area contributed by atoms with Crippen LogP contribution in [0.15, 0.2) is 23.8 Å². The van der Waals surface area contributed by atoms with E-state index in [4.69, 9.17) is 23.7 Å². The van der Waals surface area contributed by atoms with Gasteiger partial charge in [-0.3, -0.25) is 9.59 Å². The summed E-state index contributed by atoms with van der Waals surface area (Å²) >= 11 is 0. The van der Waals surface area contributed by atoms with Gasteiger partial charge in [0.1, 0.15) is 17.8 Å². The molecule has 2 unspecified atom stereocenters. The third kappa shape index (κ3) is 4.52. The van der Waals surface area contributed by atoms with Crippen LogP contribution in [-0.4, -0.2) is 83.7 Å². The number of hydrogen-bond donors (Lipinski definition) is 1. The van der Waals surface area contributed by atoms with Crippen molar-refractivity contribution in [1.82, 2.24) is 0 Å². The Kier molecular flexibility index (Phi) is 6.96. The molecule has 7 rings (SSSR count). The molecule has 2 bridgehead atoms. The number of carbonyl (C=O) groups excluding carboxylic acids is 5. The molecule has 44 heavy (non-hydrogen) atoms. The van der Waals surface area contributed by atoms with Crippen molar-refractivity contribution in [1.29, 1.82) is 0 Å². The zero-order valence-electron chi connectivity index (χ0n) is 24.7. The van der Waals surface area contributed by atoms with Crippen LogP contribution in [0.5, 0.6) is 0 Å². The van der Waals surface area contributed by atoms with Gasteiger partial charge >= 0.3 is 35.8 Å². The molecule has 4 heterocycles. The predicted molar refractivity (Wildman–Crippen MR) is 145 cm³/mol. The number of carboxylic acids is 1. The monoisotopic (exact) mass is 612 g/mol. The highest BCUT2D eigenvalue weighted by molar-refractivity contribution is 6.17. The molecule has 3 saturated heterocycles. The van der Waals surface area contributed by atoms with E-state index in [1.165, 1.54) is 13.8 Å². The van der Waals surface area contributed by atoms with E-state index >= 15 is 0 Å². The molecule has 0 amide bonds. The molecule has 4 fully saturated rings. The second-order valence-corrected chi connectivity index (χ2v) is 12.5. The summed E-state index contributed by atoms with van der Waals surface area (Å²) in [6, 6.07) is 1.85. The first-order valence-corrected chi connectivity index (χ1v) is 14.4. The van der Waals surface area contributed by atoms with Gasteiger partial charge in [-0.2, -0.15) is 0 Å². The summed E-state index contributed by atoms with van der Waals surface area (Å²) in [4.78, 5) is 74.6. The number of aromatic carboxylic acids is 1. The first-order chi connectivity index (χ1) is 20.7. The lowest BCUT2D eigenvalue weighted by Crippen LogP contribution is -2.67. The van der Waals surface area contributed by atoms with Crippen molar-refractivity contribution in [3.05, 3.63) is 46.0 Å². The fourth-order valence-electron chi connectivity index (χ4n) is 7.51. The van der Waals surface area contributed by atoms with Crippen molar-refractivity contribution in [3.8, 4) is 0 Å². The molecule has 0 aromatic heterocycles. The minimum Gasteiger partial charge on any atom is -0.478 e. The molecule has 6 aliphatic rings. The Morgan fingerprint density at radius 3 is 2.25 bits per heavy atom. The molecule has 1 aromatic carbocycles. The number of benzene rings is 1. The topological polar surface area (TPSA) is 181 Å². The molecule has 2 aliphatic carbocycles. The number of cyclic esters (lactones) is 2. The predicted octanol–water partition coefficient (Wildman–Crippen LogP) is 2.63. The lowest BCUT2D eigenvalue weighted by molar-refractivity contribution is -0.234. The van der Waals surface area contributed by atoms with Gasteiger partial charge in [-0.15, -0.1) is 0 Å². The third-order valence-electron chi connectivity index (χ3n) is 9.89. The van der Waals surface area contributed by atoms with E-state index in [-0.39, 0.29) is 23.7 Å². The number of carboxylic acid groups (broad SMARTS) is 1. The van der Waals surface area contributed by atoms with Gasteiger partial charge in [0.25, 0.3) is 0 Å².